The predicted octanol–water partition coefficient (Wildman–Crippen LogP) is 4.01. The third kappa shape index (κ3) is 5.78. The second-order valence-corrected chi connectivity index (χ2v) is 6.48. The van der Waals surface area contributed by atoms with E-state index in [4.69, 9.17) is 11.6 Å². The van der Waals surface area contributed by atoms with Crippen LogP contribution in [0.5, 0.6) is 0 Å². The highest BCUT2D eigenvalue weighted by molar-refractivity contribution is 6.30. The first kappa shape index (κ1) is 19.3. The highest BCUT2D eigenvalue weighted by atomic mass is 35.5. The number of carbonyl (C=O) groups excluding carboxylic acids is 2. The summed E-state index contributed by atoms with van der Waals surface area (Å²) in [6.07, 6.45) is 0.222. The van der Waals surface area contributed by atoms with Crippen LogP contribution >= 0.6 is 11.6 Å². The molecule has 2 aromatic carbocycles. The van der Waals surface area contributed by atoms with Gasteiger partial charge in [-0.15, -0.1) is 10.2 Å². The molecule has 0 aliphatic carbocycles. The Morgan fingerprint density at radius 1 is 0.821 bits per heavy atom. The Kier molecular flexibility index (Phi) is 6.18. The zero-order chi connectivity index (χ0) is 19.9. The lowest BCUT2D eigenvalue weighted by atomic mass is 10.1. The van der Waals surface area contributed by atoms with Crippen molar-refractivity contribution >= 4 is 46.4 Å². The van der Waals surface area contributed by atoms with Gasteiger partial charge in [0.25, 0.3) is 0 Å². The minimum atomic E-state index is -0.189. The molecule has 0 bridgehead atoms. The number of aromatic nitrogens is 2. The molecule has 142 valence electrons. The number of amides is 2. The van der Waals surface area contributed by atoms with E-state index < -0.39 is 0 Å². The van der Waals surface area contributed by atoms with Gasteiger partial charge in [-0.1, -0.05) is 23.7 Å². The van der Waals surface area contributed by atoms with E-state index in [1.165, 1.54) is 6.92 Å². The van der Waals surface area contributed by atoms with Crippen molar-refractivity contribution in [1.82, 2.24) is 10.2 Å². The Labute approximate surface area is 167 Å². The highest BCUT2D eigenvalue weighted by Crippen LogP contribution is 2.18. The molecule has 7 nitrogen and oxygen atoms in total. The number of rotatable bonds is 6. The maximum atomic E-state index is 12.1. The van der Waals surface area contributed by atoms with E-state index in [-0.39, 0.29) is 18.2 Å². The lowest BCUT2D eigenvalue weighted by Crippen LogP contribution is -2.15. The van der Waals surface area contributed by atoms with E-state index in [0.29, 0.717) is 22.3 Å². The van der Waals surface area contributed by atoms with Gasteiger partial charge in [0.1, 0.15) is 0 Å². The molecular formula is C20H18ClN5O2. The first-order chi connectivity index (χ1) is 13.5. The van der Waals surface area contributed by atoms with Crippen LogP contribution in [0.4, 0.5) is 23.0 Å². The van der Waals surface area contributed by atoms with Gasteiger partial charge in [0.15, 0.2) is 11.6 Å². The van der Waals surface area contributed by atoms with Gasteiger partial charge in [0, 0.05) is 23.3 Å². The van der Waals surface area contributed by atoms with Crippen LogP contribution in [0.25, 0.3) is 0 Å². The molecule has 0 unspecified atom stereocenters. The van der Waals surface area contributed by atoms with E-state index in [9.17, 15) is 9.59 Å². The number of anilines is 4. The minimum absolute atomic E-state index is 0.125. The van der Waals surface area contributed by atoms with Crippen LogP contribution in [0.1, 0.15) is 12.5 Å². The monoisotopic (exact) mass is 395 g/mol. The summed E-state index contributed by atoms with van der Waals surface area (Å²) in [5.41, 5.74) is 2.36. The Hall–Kier alpha value is -3.45. The molecule has 0 saturated carbocycles. The number of benzene rings is 2. The standard InChI is InChI=1S/C20H18ClN5O2/c1-13(27)22-16-6-8-17(9-7-16)23-18-10-11-19(26-25-18)24-20(28)12-14-2-4-15(21)5-3-14/h2-11H,12H2,1H3,(H,22,27)(H,23,25)(H,24,26,28). The number of hydrogen-bond acceptors (Lipinski definition) is 5. The topological polar surface area (TPSA) is 96.0 Å². The molecule has 0 spiro atoms. The van der Waals surface area contributed by atoms with E-state index in [2.05, 4.69) is 26.1 Å². The van der Waals surface area contributed by atoms with Crippen LogP contribution < -0.4 is 16.0 Å². The maximum Gasteiger partial charge on any atom is 0.229 e. The maximum absolute atomic E-state index is 12.1. The van der Waals surface area contributed by atoms with Crippen molar-refractivity contribution in [3.8, 4) is 0 Å². The number of halogens is 1. The van der Waals surface area contributed by atoms with Gasteiger partial charge in [-0.05, 0) is 54.1 Å². The van der Waals surface area contributed by atoms with Crippen molar-refractivity contribution in [2.75, 3.05) is 16.0 Å². The van der Waals surface area contributed by atoms with Crippen molar-refractivity contribution in [2.24, 2.45) is 0 Å². The summed E-state index contributed by atoms with van der Waals surface area (Å²) in [6.45, 7) is 1.46. The summed E-state index contributed by atoms with van der Waals surface area (Å²) in [5.74, 6) is 0.583. The lowest BCUT2D eigenvalue weighted by Gasteiger charge is -2.08. The molecule has 28 heavy (non-hydrogen) atoms. The first-order valence-corrected chi connectivity index (χ1v) is 8.88. The summed E-state index contributed by atoms with van der Waals surface area (Å²) in [4.78, 5) is 23.1. The van der Waals surface area contributed by atoms with Crippen LogP contribution in [-0.4, -0.2) is 22.0 Å². The Bertz CT molecular complexity index is 957. The number of hydrogen-bond donors (Lipinski definition) is 3. The molecule has 3 aromatic rings. The molecule has 2 amide bonds. The smallest absolute Gasteiger partial charge is 0.229 e. The molecule has 0 aliphatic heterocycles. The predicted molar refractivity (Wildman–Crippen MR) is 110 cm³/mol. The van der Waals surface area contributed by atoms with Gasteiger partial charge in [-0.25, -0.2) is 0 Å². The van der Waals surface area contributed by atoms with Gasteiger partial charge >= 0.3 is 0 Å². The van der Waals surface area contributed by atoms with Crippen molar-refractivity contribution in [2.45, 2.75) is 13.3 Å². The van der Waals surface area contributed by atoms with Crippen molar-refractivity contribution in [3.63, 3.8) is 0 Å². The molecule has 0 aliphatic rings. The van der Waals surface area contributed by atoms with Gasteiger partial charge in [0.05, 0.1) is 6.42 Å². The first-order valence-electron chi connectivity index (χ1n) is 8.50. The van der Waals surface area contributed by atoms with Gasteiger partial charge in [-0.2, -0.15) is 0 Å². The molecule has 0 atom stereocenters. The zero-order valence-electron chi connectivity index (χ0n) is 15.1. The Morgan fingerprint density at radius 3 is 2.04 bits per heavy atom. The molecule has 1 aromatic heterocycles. The molecular weight excluding hydrogens is 378 g/mol. The summed E-state index contributed by atoms with van der Waals surface area (Å²) in [6, 6.07) is 17.7. The van der Waals surface area contributed by atoms with Gasteiger partial charge < -0.3 is 16.0 Å². The van der Waals surface area contributed by atoms with Crippen LogP contribution in [0.3, 0.4) is 0 Å². The molecule has 8 heteroatoms. The summed E-state index contributed by atoms with van der Waals surface area (Å²) < 4.78 is 0. The molecule has 1 heterocycles. The van der Waals surface area contributed by atoms with Crippen LogP contribution in [0.15, 0.2) is 60.7 Å². The summed E-state index contributed by atoms with van der Waals surface area (Å²) >= 11 is 5.84. The number of carbonyl (C=O) groups is 2. The molecule has 3 N–H and O–H groups in total. The number of nitrogens with one attached hydrogen (secondary N) is 3. The van der Waals surface area contributed by atoms with E-state index in [1.807, 2.05) is 12.1 Å². The third-order valence-corrected chi connectivity index (χ3v) is 3.94. The average molecular weight is 396 g/mol. The largest absolute Gasteiger partial charge is 0.339 e. The normalized spacial score (nSPS) is 10.2. The minimum Gasteiger partial charge on any atom is -0.339 e. The lowest BCUT2D eigenvalue weighted by molar-refractivity contribution is -0.116. The highest BCUT2D eigenvalue weighted by Gasteiger charge is 2.06. The molecule has 3 rings (SSSR count). The zero-order valence-corrected chi connectivity index (χ0v) is 15.8. The van der Waals surface area contributed by atoms with Crippen molar-refractivity contribution in [1.29, 1.82) is 0 Å². The fourth-order valence-electron chi connectivity index (χ4n) is 2.43. The van der Waals surface area contributed by atoms with Crippen molar-refractivity contribution < 1.29 is 9.59 Å². The molecule has 0 saturated heterocycles. The second-order valence-electron chi connectivity index (χ2n) is 6.04. The fraction of sp³-hybridized carbons (Fsp3) is 0.100. The summed E-state index contributed by atoms with van der Waals surface area (Å²) in [5, 5.41) is 17.2. The average Bonchev–Trinajstić information content (AvgIpc) is 2.66. The third-order valence-electron chi connectivity index (χ3n) is 3.69. The van der Waals surface area contributed by atoms with E-state index >= 15 is 0 Å². The van der Waals surface area contributed by atoms with Gasteiger partial charge in [-0.3, -0.25) is 9.59 Å². The number of nitrogens with zero attached hydrogens (tertiary/aromatic N) is 2. The fourth-order valence-corrected chi connectivity index (χ4v) is 2.55. The Morgan fingerprint density at radius 2 is 1.43 bits per heavy atom. The van der Waals surface area contributed by atoms with Crippen molar-refractivity contribution in [3.05, 3.63) is 71.2 Å². The van der Waals surface area contributed by atoms with Crippen LogP contribution in [-0.2, 0) is 16.0 Å². The molecule has 0 radical (unpaired) electrons. The quantitative estimate of drug-likeness (QED) is 0.586. The summed E-state index contributed by atoms with van der Waals surface area (Å²) in [7, 11) is 0. The second kappa shape index (κ2) is 8.96. The Balaban J connectivity index is 1.55. The van der Waals surface area contributed by atoms with E-state index in [1.54, 1.807) is 48.5 Å². The van der Waals surface area contributed by atoms with Gasteiger partial charge in [0.2, 0.25) is 11.8 Å². The van der Waals surface area contributed by atoms with E-state index in [0.717, 1.165) is 11.3 Å². The van der Waals surface area contributed by atoms with Crippen LogP contribution in [0.2, 0.25) is 5.02 Å². The van der Waals surface area contributed by atoms with Crippen LogP contribution in [0, 0.1) is 0 Å². The SMILES string of the molecule is CC(=O)Nc1ccc(Nc2ccc(NC(=O)Cc3ccc(Cl)cc3)nn2)cc1. The molecule has 0 fully saturated rings.